The molecule has 0 radical (unpaired) electrons. The number of amides is 1. The number of ether oxygens (including phenoxy) is 2. The zero-order chi connectivity index (χ0) is 22.0. The van der Waals surface area contributed by atoms with Gasteiger partial charge in [0, 0.05) is 23.0 Å². The van der Waals surface area contributed by atoms with Crippen molar-refractivity contribution in [3.8, 4) is 11.5 Å². The number of rotatable bonds is 7. The molecule has 0 saturated heterocycles. The Hall–Kier alpha value is -3.29. The minimum Gasteiger partial charge on any atom is -0.493 e. The Labute approximate surface area is 175 Å². The fourth-order valence-corrected chi connectivity index (χ4v) is 3.45. The number of aromatic amines is 1. The number of nitrogens with one attached hydrogen (secondary N) is 2. The number of methoxy groups -OCH3 is 1. The SMILES string of the molecule is COc1cc(C(C)NC(=O)Cc2c(C)nc3cc(=O)[nH]n3c2C)ccc1OC(C)C. The summed E-state index contributed by atoms with van der Waals surface area (Å²) in [4.78, 5) is 28.8. The second-order valence-corrected chi connectivity index (χ2v) is 7.62. The van der Waals surface area contributed by atoms with Crippen molar-refractivity contribution in [1.82, 2.24) is 19.9 Å². The standard InChI is InChI=1S/C22H28N4O4/c1-12(2)30-18-8-7-16(9-19(18)29-6)13(3)24-21(27)10-17-14(4)23-20-11-22(28)25-26(20)15(17)5/h7-9,11-13H,10H2,1-6H3,(H,24,27)(H,25,28). The molecule has 1 atom stereocenters. The first-order valence-electron chi connectivity index (χ1n) is 9.91. The molecule has 1 aromatic carbocycles. The third-order valence-corrected chi connectivity index (χ3v) is 4.97. The Morgan fingerprint density at radius 3 is 2.60 bits per heavy atom. The van der Waals surface area contributed by atoms with Crippen molar-refractivity contribution >= 4 is 11.6 Å². The van der Waals surface area contributed by atoms with Crippen LogP contribution in [0.15, 0.2) is 29.1 Å². The monoisotopic (exact) mass is 412 g/mol. The van der Waals surface area contributed by atoms with Gasteiger partial charge in [-0.15, -0.1) is 0 Å². The van der Waals surface area contributed by atoms with Gasteiger partial charge in [0.05, 0.1) is 25.7 Å². The number of fused-ring (bicyclic) bond motifs is 1. The molecule has 0 aliphatic heterocycles. The van der Waals surface area contributed by atoms with Crippen molar-refractivity contribution in [3.05, 3.63) is 57.1 Å². The van der Waals surface area contributed by atoms with E-state index in [-0.39, 0.29) is 30.0 Å². The maximum atomic E-state index is 12.7. The molecule has 1 amide bonds. The van der Waals surface area contributed by atoms with Gasteiger partial charge in [-0.3, -0.25) is 14.7 Å². The predicted octanol–water partition coefficient (Wildman–Crippen LogP) is 2.86. The molecule has 3 rings (SSSR count). The number of carbonyl (C=O) groups excluding carboxylic acids is 1. The average molecular weight is 412 g/mol. The smallest absolute Gasteiger partial charge is 0.266 e. The minimum atomic E-state index is -0.223. The maximum Gasteiger partial charge on any atom is 0.266 e. The van der Waals surface area contributed by atoms with Gasteiger partial charge in [-0.05, 0) is 52.3 Å². The molecule has 0 saturated carbocycles. The number of H-pyrrole nitrogens is 1. The summed E-state index contributed by atoms with van der Waals surface area (Å²) < 4.78 is 12.8. The van der Waals surface area contributed by atoms with E-state index in [1.807, 2.05) is 52.8 Å². The van der Waals surface area contributed by atoms with Crippen LogP contribution in [0.5, 0.6) is 11.5 Å². The van der Waals surface area contributed by atoms with E-state index in [1.54, 1.807) is 11.6 Å². The summed E-state index contributed by atoms with van der Waals surface area (Å²) in [6.45, 7) is 9.53. The molecular weight excluding hydrogens is 384 g/mol. The van der Waals surface area contributed by atoms with Crippen LogP contribution in [0.1, 0.15) is 49.3 Å². The molecule has 2 N–H and O–H groups in total. The number of aromatic nitrogens is 3. The van der Waals surface area contributed by atoms with Gasteiger partial charge in [-0.2, -0.15) is 0 Å². The lowest BCUT2D eigenvalue weighted by Gasteiger charge is -2.19. The Morgan fingerprint density at radius 1 is 1.20 bits per heavy atom. The Bertz CT molecular complexity index is 1130. The van der Waals surface area contributed by atoms with Gasteiger partial charge < -0.3 is 14.8 Å². The number of nitrogens with zero attached hydrogens (tertiary/aromatic N) is 2. The van der Waals surface area contributed by atoms with E-state index in [4.69, 9.17) is 9.47 Å². The van der Waals surface area contributed by atoms with Crippen molar-refractivity contribution in [3.63, 3.8) is 0 Å². The summed E-state index contributed by atoms with van der Waals surface area (Å²) in [6, 6.07) is 6.86. The third-order valence-electron chi connectivity index (χ3n) is 4.97. The summed E-state index contributed by atoms with van der Waals surface area (Å²) in [5, 5.41) is 5.73. The molecule has 30 heavy (non-hydrogen) atoms. The summed E-state index contributed by atoms with van der Waals surface area (Å²) >= 11 is 0. The van der Waals surface area contributed by atoms with Crippen LogP contribution in [0.25, 0.3) is 5.65 Å². The molecule has 0 bridgehead atoms. The summed E-state index contributed by atoms with van der Waals surface area (Å²) in [5.74, 6) is 1.16. The van der Waals surface area contributed by atoms with Gasteiger partial charge in [-0.1, -0.05) is 6.07 Å². The molecule has 0 spiro atoms. The second-order valence-electron chi connectivity index (χ2n) is 7.62. The summed E-state index contributed by atoms with van der Waals surface area (Å²) in [5.41, 5.74) is 3.54. The van der Waals surface area contributed by atoms with E-state index >= 15 is 0 Å². The third kappa shape index (κ3) is 4.48. The predicted molar refractivity (Wildman–Crippen MR) is 114 cm³/mol. The van der Waals surface area contributed by atoms with E-state index in [1.165, 1.54) is 6.07 Å². The molecule has 160 valence electrons. The molecule has 0 aliphatic rings. The number of aryl methyl sites for hydroxylation is 2. The van der Waals surface area contributed by atoms with Crippen LogP contribution >= 0.6 is 0 Å². The van der Waals surface area contributed by atoms with Crippen LogP contribution in [0.2, 0.25) is 0 Å². The van der Waals surface area contributed by atoms with E-state index in [0.29, 0.717) is 17.1 Å². The number of benzene rings is 1. The highest BCUT2D eigenvalue weighted by atomic mass is 16.5. The largest absolute Gasteiger partial charge is 0.493 e. The van der Waals surface area contributed by atoms with Crippen LogP contribution in [-0.2, 0) is 11.2 Å². The van der Waals surface area contributed by atoms with Crippen molar-refractivity contribution < 1.29 is 14.3 Å². The molecule has 0 aliphatic carbocycles. The number of hydrogen-bond acceptors (Lipinski definition) is 5. The zero-order valence-corrected chi connectivity index (χ0v) is 18.2. The number of hydrogen-bond donors (Lipinski definition) is 2. The fourth-order valence-electron chi connectivity index (χ4n) is 3.45. The van der Waals surface area contributed by atoms with Gasteiger partial charge in [0.15, 0.2) is 17.1 Å². The minimum absolute atomic E-state index is 0.0366. The molecule has 0 fully saturated rings. The van der Waals surface area contributed by atoms with Crippen LogP contribution in [0, 0.1) is 13.8 Å². The molecule has 8 heteroatoms. The van der Waals surface area contributed by atoms with Crippen molar-refractivity contribution in [1.29, 1.82) is 0 Å². The van der Waals surface area contributed by atoms with E-state index in [0.717, 1.165) is 22.5 Å². The molecule has 3 aromatic rings. The summed E-state index contributed by atoms with van der Waals surface area (Å²) in [6.07, 6.45) is 0.200. The molecule has 2 aromatic heterocycles. The lowest BCUT2D eigenvalue weighted by molar-refractivity contribution is -0.121. The highest BCUT2D eigenvalue weighted by molar-refractivity contribution is 5.79. The Morgan fingerprint density at radius 2 is 1.93 bits per heavy atom. The lowest BCUT2D eigenvalue weighted by atomic mass is 10.1. The average Bonchev–Trinajstić information content (AvgIpc) is 3.05. The van der Waals surface area contributed by atoms with Gasteiger partial charge in [-0.25, -0.2) is 9.50 Å². The second kappa shape index (κ2) is 8.61. The highest BCUT2D eigenvalue weighted by Gasteiger charge is 2.17. The molecular formula is C22H28N4O4. The quantitative estimate of drug-likeness (QED) is 0.622. The lowest BCUT2D eigenvalue weighted by Crippen LogP contribution is -2.29. The topological polar surface area (TPSA) is 97.7 Å². The van der Waals surface area contributed by atoms with Gasteiger partial charge in [0.25, 0.3) is 5.56 Å². The summed E-state index contributed by atoms with van der Waals surface area (Å²) in [7, 11) is 1.59. The van der Waals surface area contributed by atoms with Crippen LogP contribution < -0.4 is 20.3 Å². The van der Waals surface area contributed by atoms with Gasteiger partial charge in [0.2, 0.25) is 5.91 Å². The number of carbonyl (C=O) groups is 1. The van der Waals surface area contributed by atoms with Crippen LogP contribution in [-0.4, -0.2) is 33.7 Å². The first-order valence-corrected chi connectivity index (χ1v) is 9.91. The first-order chi connectivity index (χ1) is 14.2. The van der Waals surface area contributed by atoms with Crippen LogP contribution in [0.4, 0.5) is 0 Å². The zero-order valence-electron chi connectivity index (χ0n) is 18.2. The van der Waals surface area contributed by atoms with Crippen LogP contribution in [0.3, 0.4) is 0 Å². The molecule has 1 unspecified atom stereocenters. The van der Waals surface area contributed by atoms with Gasteiger partial charge in [0.1, 0.15) is 0 Å². The van der Waals surface area contributed by atoms with Gasteiger partial charge >= 0.3 is 0 Å². The Kier molecular flexibility index (Phi) is 6.14. The Balaban J connectivity index is 1.76. The van der Waals surface area contributed by atoms with E-state index < -0.39 is 0 Å². The van der Waals surface area contributed by atoms with E-state index in [9.17, 15) is 9.59 Å². The fraction of sp³-hybridized carbons (Fsp3) is 0.409. The molecule has 2 heterocycles. The van der Waals surface area contributed by atoms with E-state index in [2.05, 4.69) is 15.4 Å². The van der Waals surface area contributed by atoms with Crippen molar-refractivity contribution in [2.45, 2.75) is 53.2 Å². The first kappa shape index (κ1) is 21.4. The highest BCUT2D eigenvalue weighted by Crippen LogP contribution is 2.31. The normalized spacial score (nSPS) is 12.2. The molecule has 8 nitrogen and oxygen atoms in total. The van der Waals surface area contributed by atoms with Crippen molar-refractivity contribution in [2.75, 3.05) is 7.11 Å². The van der Waals surface area contributed by atoms with Crippen molar-refractivity contribution in [2.24, 2.45) is 0 Å². The maximum absolute atomic E-state index is 12.7.